The van der Waals surface area contributed by atoms with E-state index in [4.69, 9.17) is 4.74 Å². The summed E-state index contributed by atoms with van der Waals surface area (Å²) in [5.74, 6) is -0.171. The molecule has 1 fully saturated rings. The van der Waals surface area contributed by atoms with Crippen LogP contribution in [0.25, 0.3) is 0 Å². The molecule has 0 heterocycles. The minimum absolute atomic E-state index is 0.00564. The molecule has 1 aromatic carbocycles. The molecule has 0 amide bonds. The molecule has 0 saturated heterocycles. The minimum atomic E-state index is -3.07. The van der Waals surface area contributed by atoms with E-state index in [-0.39, 0.29) is 17.0 Å². The average molecular weight is 329 g/mol. The van der Waals surface area contributed by atoms with E-state index in [2.05, 4.69) is 0 Å². The normalized spacial score (nSPS) is 22.8. The molecule has 4 nitrogen and oxygen atoms in total. The summed E-state index contributed by atoms with van der Waals surface area (Å²) in [6.07, 6.45) is 4.89. The van der Waals surface area contributed by atoms with Gasteiger partial charge in [-0.05, 0) is 37.6 Å². The molecule has 0 spiro atoms. The van der Waals surface area contributed by atoms with Gasteiger partial charge in [0.25, 0.3) is 0 Å². The molecule has 1 aliphatic rings. The average Bonchev–Trinajstić information content (AvgIpc) is 2.46. The topological polar surface area (TPSA) is 46.6 Å². The Bertz CT molecular complexity index is 618. The Morgan fingerprint density at radius 2 is 2.00 bits per heavy atom. The standard InChI is InChI=1S/C16H24FNO3S/c1-18(11-12-8-9-15(21-2)13(17)10-12)14-6-4-5-7-16(14)22(3,19)20/h8-10,14,16H,4-7,11H2,1-3H3/t14-,16+/m1/s1. The van der Waals surface area contributed by atoms with Gasteiger partial charge in [-0.2, -0.15) is 0 Å². The predicted octanol–water partition coefficient (Wildman–Crippen LogP) is 2.62. The molecule has 0 N–H and O–H groups in total. The van der Waals surface area contributed by atoms with Crippen LogP contribution in [0.15, 0.2) is 18.2 Å². The van der Waals surface area contributed by atoms with Crippen molar-refractivity contribution in [3.63, 3.8) is 0 Å². The molecular weight excluding hydrogens is 305 g/mol. The number of halogens is 1. The largest absolute Gasteiger partial charge is 0.494 e. The number of benzene rings is 1. The van der Waals surface area contributed by atoms with Gasteiger partial charge in [-0.3, -0.25) is 4.90 Å². The predicted molar refractivity (Wildman–Crippen MR) is 85.3 cm³/mol. The van der Waals surface area contributed by atoms with Crippen molar-refractivity contribution in [2.75, 3.05) is 20.4 Å². The van der Waals surface area contributed by atoms with Crippen LogP contribution in [-0.2, 0) is 16.4 Å². The van der Waals surface area contributed by atoms with Gasteiger partial charge in [-0.15, -0.1) is 0 Å². The first-order valence-corrected chi connectivity index (χ1v) is 9.50. The van der Waals surface area contributed by atoms with E-state index in [0.717, 1.165) is 24.8 Å². The fourth-order valence-corrected chi connectivity index (χ4v) is 4.80. The summed E-state index contributed by atoms with van der Waals surface area (Å²) >= 11 is 0. The summed E-state index contributed by atoms with van der Waals surface area (Å²) in [5, 5.41) is -0.325. The molecule has 1 aromatic rings. The molecule has 0 radical (unpaired) electrons. The maximum Gasteiger partial charge on any atom is 0.165 e. The number of rotatable bonds is 5. The third kappa shape index (κ3) is 3.98. The van der Waals surface area contributed by atoms with Crippen molar-refractivity contribution in [1.82, 2.24) is 4.90 Å². The maximum absolute atomic E-state index is 13.8. The van der Waals surface area contributed by atoms with Gasteiger partial charge in [0.1, 0.15) is 0 Å². The molecule has 1 saturated carbocycles. The summed E-state index contributed by atoms with van der Waals surface area (Å²) in [6.45, 7) is 0.525. The van der Waals surface area contributed by atoms with Crippen LogP contribution >= 0.6 is 0 Å². The Kier molecular flexibility index (Phi) is 5.45. The van der Waals surface area contributed by atoms with Gasteiger partial charge in [0.05, 0.1) is 12.4 Å². The van der Waals surface area contributed by atoms with Crippen LogP contribution in [0.5, 0.6) is 5.75 Å². The van der Waals surface area contributed by atoms with Crippen molar-refractivity contribution in [2.24, 2.45) is 0 Å². The first-order valence-electron chi connectivity index (χ1n) is 7.54. The number of nitrogens with zero attached hydrogens (tertiary/aromatic N) is 1. The van der Waals surface area contributed by atoms with Gasteiger partial charge < -0.3 is 4.74 Å². The van der Waals surface area contributed by atoms with Gasteiger partial charge in [-0.1, -0.05) is 18.9 Å². The second-order valence-corrected chi connectivity index (χ2v) is 8.37. The number of hydrogen-bond acceptors (Lipinski definition) is 4. The van der Waals surface area contributed by atoms with Crippen molar-refractivity contribution in [2.45, 2.75) is 43.5 Å². The van der Waals surface area contributed by atoms with Crippen LogP contribution in [0.4, 0.5) is 4.39 Å². The SMILES string of the molecule is COc1ccc(CN(C)[C@@H]2CCCC[C@@H]2S(C)(=O)=O)cc1F. The lowest BCUT2D eigenvalue weighted by molar-refractivity contribution is 0.187. The van der Waals surface area contributed by atoms with Crippen LogP contribution in [0, 0.1) is 5.82 Å². The van der Waals surface area contributed by atoms with E-state index in [1.165, 1.54) is 19.4 Å². The van der Waals surface area contributed by atoms with Gasteiger partial charge in [0, 0.05) is 18.8 Å². The van der Waals surface area contributed by atoms with Crippen molar-refractivity contribution in [1.29, 1.82) is 0 Å². The van der Waals surface area contributed by atoms with E-state index < -0.39 is 15.7 Å². The Hall–Kier alpha value is -1.14. The highest BCUT2D eigenvalue weighted by Gasteiger charge is 2.35. The van der Waals surface area contributed by atoms with Gasteiger partial charge in [-0.25, -0.2) is 12.8 Å². The van der Waals surface area contributed by atoms with Crippen LogP contribution in [0.2, 0.25) is 0 Å². The van der Waals surface area contributed by atoms with Crippen LogP contribution in [-0.4, -0.2) is 45.0 Å². The summed E-state index contributed by atoms with van der Waals surface area (Å²) in [5.41, 5.74) is 0.818. The molecule has 2 rings (SSSR count). The second-order valence-electron chi connectivity index (χ2n) is 6.10. The van der Waals surface area contributed by atoms with Gasteiger partial charge in [0.15, 0.2) is 21.4 Å². The molecular formula is C16H24FNO3S. The Morgan fingerprint density at radius 1 is 1.32 bits per heavy atom. The molecule has 0 aliphatic heterocycles. The molecule has 1 aliphatic carbocycles. The first-order chi connectivity index (χ1) is 10.3. The monoisotopic (exact) mass is 329 g/mol. The highest BCUT2D eigenvalue weighted by atomic mass is 32.2. The number of methoxy groups -OCH3 is 1. The van der Waals surface area contributed by atoms with Gasteiger partial charge >= 0.3 is 0 Å². The van der Waals surface area contributed by atoms with E-state index in [9.17, 15) is 12.8 Å². The van der Waals surface area contributed by atoms with Crippen LogP contribution < -0.4 is 4.74 Å². The highest BCUT2D eigenvalue weighted by Crippen LogP contribution is 2.28. The van der Waals surface area contributed by atoms with Crippen LogP contribution in [0.1, 0.15) is 31.2 Å². The lowest BCUT2D eigenvalue weighted by atomic mass is 9.93. The second kappa shape index (κ2) is 6.96. The fourth-order valence-electron chi connectivity index (χ4n) is 3.29. The van der Waals surface area contributed by atoms with Crippen molar-refractivity contribution in [3.8, 4) is 5.75 Å². The highest BCUT2D eigenvalue weighted by molar-refractivity contribution is 7.91. The molecule has 124 valence electrons. The molecule has 22 heavy (non-hydrogen) atoms. The molecule has 0 unspecified atom stereocenters. The molecule has 0 bridgehead atoms. The maximum atomic E-state index is 13.8. The Labute approximate surface area is 132 Å². The summed E-state index contributed by atoms with van der Waals surface area (Å²) < 4.78 is 42.7. The zero-order chi connectivity index (χ0) is 16.3. The zero-order valence-corrected chi connectivity index (χ0v) is 14.2. The number of hydrogen-bond donors (Lipinski definition) is 0. The third-order valence-electron chi connectivity index (χ3n) is 4.43. The quantitative estimate of drug-likeness (QED) is 0.833. The minimum Gasteiger partial charge on any atom is -0.494 e. The lowest BCUT2D eigenvalue weighted by Crippen LogP contribution is -2.46. The van der Waals surface area contributed by atoms with Gasteiger partial charge in [0.2, 0.25) is 0 Å². The van der Waals surface area contributed by atoms with E-state index in [0.29, 0.717) is 13.0 Å². The summed E-state index contributed by atoms with van der Waals surface area (Å²) in [4.78, 5) is 2.03. The summed E-state index contributed by atoms with van der Waals surface area (Å²) in [6, 6.07) is 4.87. The molecule has 0 aromatic heterocycles. The lowest BCUT2D eigenvalue weighted by Gasteiger charge is -2.37. The Balaban J connectivity index is 2.13. The van der Waals surface area contributed by atoms with E-state index in [1.807, 2.05) is 18.0 Å². The van der Waals surface area contributed by atoms with Crippen LogP contribution in [0.3, 0.4) is 0 Å². The first kappa shape index (κ1) is 17.2. The van der Waals surface area contributed by atoms with E-state index in [1.54, 1.807) is 6.07 Å². The number of ether oxygens (including phenoxy) is 1. The molecule has 6 heteroatoms. The third-order valence-corrected chi connectivity index (χ3v) is 6.08. The van der Waals surface area contributed by atoms with E-state index >= 15 is 0 Å². The smallest absolute Gasteiger partial charge is 0.165 e. The summed E-state index contributed by atoms with van der Waals surface area (Å²) in [7, 11) is 0.280. The number of sulfone groups is 1. The molecule has 2 atom stereocenters. The Morgan fingerprint density at radius 3 is 2.59 bits per heavy atom. The fraction of sp³-hybridized carbons (Fsp3) is 0.625. The van der Waals surface area contributed by atoms with Crippen molar-refractivity contribution >= 4 is 9.84 Å². The van der Waals surface area contributed by atoms with Crippen molar-refractivity contribution in [3.05, 3.63) is 29.6 Å². The zero-order valence-electron chi connectivity index (χ0n) is 13.4. The van der Waals surface area contributed by atoms with Crippen molar-refractivity contribution < 1.29 is 17.5 Å².